The molecule has 0 atom stereocenters. The molecule has 154 valence electrons. The van der Waals surface area contributed by atoms with E-state index in [-0.39, 0.29) is 23.0 Å². The Morgan fingerprint density at radius 2 is 2.00 bits per heavy atom. The summed E-state index contributed by atoms with van der Waals surface area (Å²) < 4.78 is 10.9. The highest BCUT2D eigenvalue weighted by molar-refractivity contribution is 5.58. The van der Waals surface area contributed by atoms with Crippen LogP contribution in [0.2, 0.25) is 0 Å². The van der Waals surface area contributed by atoms with Crippen molar-refractivity contribution in [2.75, 3.05) is 37.5 Å². The number of nitrogens with one attached hydrogen (secondary N) is 2. The van der Waals surface area contributed by atoms with Gasteiger partial charge in [0.05, 0.1) is 12.0 Å². The van der Waals surface area contributed by atoms with Crippen molar-refractivity contribution in [3.8, 4) is 5.75 Å². The van der Waals surface area contributed by atoms with Crippen molar-refractivity contribution >= 4 is 17.5 Å². The third-order valence-electron chi connectivity index (χ3n) is 5.62. The highest BCUT2D eigenvalue weighted by Gasteiger charge is 2.35. The summed E-state index contributed by atoms with van der Waals surface area (Å²) in [6, 6.07) is 8.36. The van der Waals surface area contributed by atoms with E-state index < -0.39 is 4.92 Å². The lowest BCUT2D eigenvalue weighted by Crippen LogP contribution is -2.40. The number of nitrogens with zero attached hydrogens (tertiary/aromatic N) is 3. The van der Waals surface area contributed by atoms with Gasteiger partial charge >= 0.3 is 5.69 Å². The van der Waals surface area contributed by atoms with Crippen LogP contribution in [0.25, 0.3) is 0 Å². The fraction of sp³-hybridized carbons (Fsp3) is 0.500. The molecule has 1 saturated heterocycles. The van der Waals surface area contributed by atoms with Gasteiger partial charge in [-0.25, -0.2) is 4.98 Å². The predicted octanol–water partition coefficient (Wildman–Crippen LogP) is 3.13. The summed E-state index contributed by atoms with van der Waals surface area (Å²) in [5.74, 6) is 1.48. The molecule has 2 heterocycles. The van der Waals surface area contributed by atoms with Gasteiger partial charge in [-0.3, -0.25) is 10.1 Å². The number of anilines is 2. The first-order valence-electron chi connectivity index (χ1n) is 9.84. The highest BCUT2D eigenvalue weighted by Crippen LogP contribution is 2.36. The molecule has 2 aliphatic rings. The molecule has 4 rings (SSSR count). The molecule has 0 amide bonds. The highest BCUT2D eigenvalue weighted by atomic mass is 16.6. The van der Waals surface area contributed by atoms with E-state index in [1.54, 1.807) is 7.11 Å². The Kier molecular flexibility index (Phi) is 5.48. The standard InChI is InChI=1S/C20H25N5O4/c1-28-16-6-2-14(3-7-16)20(8-10-29-11-9-20)13-22-19-21-12-17(25(26)27)18(24-19)23-15-4-5-15/h2-3,6-7,12,15H,4-5,8-11,13H2,1H3,(H2,21,22,23,24). The molecular formula is C20H25N5O4. The van der Waals surface area contributed by atoms with E-state index >= 15 is 0 Å². The summed E-state index contributed by atoms with van der Waals surface area (Å²) >= 11 is 0. The zero-order valence-electron chi connectivity index (χ0n) is 16.4. The number of benzene rings is 1. The van der Waals surface area contributed by atoms with Crippen LogP contribution < -0.4 is 15.4 Å². The Bertz CT molecular complexity index is 864. The summed E-state index contributed by atoms with van der Waals surface area (Å²) in [5.41, 5.74) is 0.977. The smallest absolute Gasteiger partial charge is 0.329 e. The molecule has 1 aromatic carbocycles. The van der Waals surface area contributed by atoms with Gasteiger partial charge in [0.25, 0.3) is 0 Å². The van der Waals surface area contributed by atoms with Crippen molar-refractivity contribution in [1.29, 1.82) is 0 Å². The van der Waals surface area contributed by atoms with Gasteiger partial charge < -0.3 is 20.1 Å². The van der Waals surface area contributed by atoms with Crippen LogP contribution in [0, 0.1) is 10.1 Å². The quantitative estimate of drug-likeness (QED) is 0.514. The van der Waals surface area contributed by atoms with Crippen LogP contribution in [0.3, 0.4) is 0 Å². The van der Waals surface area contributed by atoms with Gasteiger partial charge in [-0.05, 0) is 43.4 Å². The van der Waals surface area contributed by atoms with Gasteiger partial charge in [-0.2, -0.15) is 4.98 Å². The number of hydrogen-bond donors (Lipinski definition) is 2. The summed E-state index contributed by atoms with van der Waals surface area (Å²) in [5, 5.41) is 17.7. The van der Waals surface area contributed by atoms with Gasteiger partial charge in [0.15, 0.2) is 0 Å². The van der Waals surface area contributed by atoms with Gasteiger partial charge in [0, 0.05) is 31.2 Å². The van der Waals surface area contributed by atoms with Crippen molar-refractivity contribution in [3.05, 3.63) is 46.1 Å². The Morgan fingerprint density at radius 1 is 1.28 bits per heavy atom. The van der Waals surface area contributed by atoms with E-state index in [1.807, 2.05) is 12.1 Å². The second-order valence-electron chi connectivity index (χ2n) is 7.58. The van der Waals surface area contributed by atoms with Crippen molar-refractivity contribution < 1.29 is 14.4 Å². The molecule has 0 bridgehead atoms. The lowest BCUT2D eigenvalue weighted by atomic mass is 9.74. The van der Waals surface area contributed by atoms with Crippen LogP contribution >= 0.6 is 0 Å². The van der Waals surface area contributed by atoms with Crippen LogP contribution in [0.5, 0.6) is 5.75 Å². The van der Waals surface area contributed by atoms with E-state index in [4.69, 9.17) is 9.47 Å². The van der Waals surface area contributed by atoms with E-state index in [1.165, 1.54) is 11.8 Å². The maximum Gasteiger partial charge on any atom is 0.329 e. The molecule has 1 aromatic heterocycles. The lowest BCUT2D eigenvalue weighted by molar-refractivity contribution is -0.384. The minimum absolute atomic E-state index is 0.0987. The molecule has 2 fully saturated rings. The van der Waals surface area contributed by atoms with Crippen molar-refractivity contribution in [1.82, 2.24) is 9.97 Å². The van der Waals surface area contributed by atoms with E-state index in [2.05, 4.69) is 32.7 Å². The largest absolute Gasteiger partial charge is 0.497 e. The number of ether oxygens (including phenoxy) is 2. The fourth-order valence-corrected chi connectivity index (χ4v) is 3.64. The lowest BCUT2D eigenvalue weighted by Gasteiger charge is -2.38. The predicted molar refractivity (Wildman–Crippen MR) is 109 cm³/mol. The summed E-state index contributed by atoms with van der Waals surface area (Å²) in [6.07, 6.45) is 5.01. The Labute approximate surface area is 169 Å². The minimum Gasteiger partial charge on any atom is -0.497 e. The molecule has 2 aromatic rings. The maximum absolute atomic E-state index is 11.3. The number of nitro groups is 1. The molecule has 9 heteroatoms. The average Bonchev–Trinajstić information content (AvgIpc) is 3.57. The number of aromatic nitrogens is 2. The second-order valence-corrected chi connectivity index (χ2v) is 7.58. The zero-order valence-corrected chi connectivity index (χ0v) is 16.4. The Morgan fingerprint density at radius 3 is 2.62 bits per heavy atom. The van der Waals surface area contributed by atoms with Crippen molar-refractivity contribution in [2.24, 2.45) is 0 Å². The zero-order chi connectivity index (χ0) is 20.3. The molecule has 9 nitrogen and oxygen atoms in total. The van der Waals surface area contributed by atoms with E-state index in [0.717, 1.165) is 31.4 Å². The summed E-state index contributed by atoms with van der Waals surface area (Å²) in [7, 11) is 1.65. The van der Waals surface area contributed by atoms with Crippen molar-refractivity contribution in [3.63, 3.8) is 0 Å². The van der Waals surface area contributed by atoms with Gasteiger partial charge in [-0.15, -0.1) is 0 Å². The van der Waals surface area contributed by atoms with Gasteiger partial charge in [0.2, 0.25) is 11.8 Å². The average molecular weight is 399 g/mol. The molecular weight excluding hydrogens is 374 g/mol. The molecule has 1 aliphatic heterocycles. The topological polar surface area (TPSA) is 111 Å². The summed E-state index contributed by atoms with van der Waals surface area (Å²) in [6.45, 7) is 1.98. The Balaban J connectivity index is 1.54. The first-order valence-corrected chi connectivity index (χ1v) is 9.84. The SMILES string of the molecule is COc1ccc(C2(CNc3ncc([N+](=O)[O-])c(NC4CC4)n3)CCOCC2)cc1. The van der Waals surface area contributed by atoms with Crippen LogP contribution in [-0.2, 0) is 10.2 Å². The molecule has 2 N–H and O–H groups in total. The monoisotopic (exact) mass is 399 g/mol. The maximum atomic E-state index is 11.3. The number of methoxy groups -OCH3 is 1. The van der Waals surface area contributed by atoms with Crippen LogP contribution in [0.15, 0.2) is 30.5 Å². The molecule has 1 saturated carbocycles. The normalized spacial score (nSPS) is 18.1. The minimum atomic E-state index is -0.453. The Hall–Kier alpha value is -2.94. The van der Waals surface area contributed by atoms with Gasteiger partial charge in [-0.1, -0.05) is 12.1 Å². The third-order valence-corrected chi connectivity index (χ3v) is 5.62. The van der Waals surface area contributed by atoms with Crippen LogP contribution in [-0.4, -0.2) is 47.8 Å². The van der Waals surface area contributed by atoms with E-state index in [0.29, 0.717) is 25.7 Å². The molecule has 1 aliphatic carbocycles. The van der Waals surface area contributed by atoms with E-state index in [9.17, 15) is 10.1 Å². The van der Waals surface area contributed by atoms with Crippen LogP contribution in [0.4, 0.5) is 17.5 Å². The van der Waals surface area contributed by atoms with Gasteiger partial charge in [0.1, 0.15) is 11.9 Å². The molecule has 29 heavy (non-hydrogen) atoms. The fourth-order valence-electron chi connectivity index (χ4n) is 3.64. The molecule has 0 spiro atoms. The summed E-state index contributed by atoms with van der Waals surface area (Å²) in [4.78, 5) is 19.4. The molecule has 0 unspecified atom stereocenters. The number of rotatable bonds is 8. The molecule has 0 radical (unpaired) electrons. The van der Waals surface area contributed by atoms with Crippen LogP contribution in [0.1, 0.15) is 31.2 Å². The van der Waals surface area contributed by atoms with Crippen molar-refractivity contribution in [2.45, 2.75) is 37.1 Å². The first kappa shape index (κ1) is 19.4. The third kappa shape index (κ3) is 4.40. The first-order chi connectivity index (χ1) is 14.1. The number of hydrogen-bond acceptors (Lipinski definition) is 8. The second kappa shape index (κ2) is 8.20.